The van der Waals surface area contributed by atoms with Crippen LogP contribution < -0.4 is 10.2 Å². The van der Waals surface area contributed by atoms with E-state index in [1.807, 2.05) is 53.4 Å². The van der Waals surface area contributed by atoms with Crippen molar-refractivity contribution in [3.05, 3.63) is 89.7 Å². The van der Waals surface area contributed by atoms with E-state index >= 15 is 0 Å². The smallest absolute Gasteiger partial charge is 0.270 e. The Morgan fingerprint density at radius 1 is 0.962 bits per heavy atom. The van der Waals surface area contributed by atoms with Gasteiger partial charge in [0.1, 0.15) is 5.69 Å². The van der Waals surface area contributed by atoms with Crippen LogP contribution in [0.1, 0.15) is 28.5 Å². The van der Waals surface area contributed by atoms with Crippen LogP contribution in [0.15, 0.2) is 72.9 Å². The highest BCUT2D eigenvalue weighted by molar-refractivity contribution is 5.92. The summed E-state index contributed by atoms with van der Waals surface area (Å²) in [5, 5.41) is 2.90. The Hall–Kier alpha value is -3.21. The van der Waals surface area contributed by atoms with E-state index in [0.717, 1.165) is 12.1 Å². The molecule has 0 aliphatic carbocycles. The van der Waals surface area contributed by atoms with E-state index in [2.05, 4.69) is 34.3 Å². The minimum Gasteiger partial charge on any atom is -0.347 e. The van der Waals surface area contributed by atoms with E-state index < -0.39 is 0 Å². The van der Waals surface area contributed by atoms with Gasteiger partial charge in [0.2, 0.25) is 5.95 Å². The van der Waals surface area contributed by atoms with Crippen LogP contribution in [-0.4, -0.2) is 22.4 Å². The molecule has 1 amide bonds. The summed E-state index contributed by atoms with van der Waals surface area (Å²) in [7, 11) is 0. The fourth-order valence-corrected chi connectivity index (χ4v) is 2.62. The second kappa shape index (κ2) is 8.76. The van der Waals surface area contributed by atoms with E-state index in [1.165, 1.54) is 5.56 Å². The molecule has 3 aromatic rings. The molecule has 0 atom stereocenters. The summed E-state index contributed by atoms with van der Waals surface area (Å²) in [5.41, 5.74) is 2.60. The molecule has 0 spiro atoms. The van der Waals surface area contributed by atoms with Gasteiger partial charge in [-0.1, -0.05) is 60.7 Å². The van der Waals surface area contributed by atoms with Crippen LogP contribution in [0.2, 0.25) is 0 Å². The first kappa shape index (κ1) is 17.6. The van der Waals surface area contributed by atoms with Crippen molar-refractivity contribution in [1.29, 1.82) is 0 Å². The summed E-state index contributed by atoms with van der Waals surface area (Å²) in [6.07, 6.45) is 1.63. The summed E-state index contributed by atoms with van der Waals surface area (Å²) in [4.78, 5) is 23.3. The predicted molar refractivity (Wildman–Crippen MR) is 103 cm³/mol. The fraction of sp³-hybridized carbons (Fsp3) is 0.190. The van der Waals surface area contributed by atoms with E-state index in [-0.39, 0.29) is 5.91 Å². The Kier molecular flexibility index (Phi) is 5.93. The lowest BCUT2D eigenvalue weighted by atomic mass is 10.2. The zero-order valence-electron chi connectivity index (χ0n) is 14.8. The Labute approximate surface area is 153 Å². The number of nitrogens with zero attached hydrogens (tertiary/aromatic N) is 3. The minimum absolute atomic E-state index is 0.201. The summed E-state index contributed by atoms with van der Waals surface area (Å²) >= 11 is 0. The Balaban J connectivity index is 1.69. The molecular weight excluding hydrogens is 324 g/mol. The summed E-state index contributed by atoms with van der Waals surface area (Å²) < 4.78 is 0. The van der Waals surface area contributed by atoms with Gasteiger partial charge < -0.3 is 10.2 Å². The van der Waals surface area contributed by atoms with Gasteiger partial charge in [0, 0.05) is 25.8 Å². The number of benzene rings is 2. The molecule has 0 bridgehead atoms. The lowest BCUT2D eigenvalue weighted by Gasteiger charge is -2.21. The fourth-order valence-electron chi connectivity index (χ4n) is 2.62. The molecule has 1 N–H and O–H groups in total. The zero-order valence-corrected chi connectivity index (χ0v) is 14.8. The van der Waals surface area contributed by atoms with Crippen molar-refractivity contribution < 1.29 is 4.79 Å². The number of carbonyl (C=O) groups excluding carboxylic acids is 1. The maximum absolute atomic E-state index is 12.4. The molecule has 5 heteroatoms. The van der Waals surface area contributed by atoms with E-state index in [9.17, 15) is 4.79 Å². The molecule has 0 fully saturated rings. The topological polar surface area (TPSA) is 58.1 Å². The van der Waals surface area contributed by atoms with Gasteiger partial charge in [-0.05, 0) is 24.1 Å². The van der Waals surface area contributed by atoms with Crippen molar-refractivity contribution >= 4 is 11.9 Å². The van der Waals surface area contributed by atoms with Gasteiger partial charge in [-0.2, -0.15) is 0 Å². The molecule has 132 valence electrons. The molecule has 0 radical (unpaired) electrons. The average molecular weight is 346 g/mol. The third kappa shape index (κ3) is 4.66. The third-order valence-corrected chi connectivity index (χ3v) is 4.05. The van der Waals surface area contributed by atoms with Gasteiger partial charge >= 0.3 is 0 Å². The molecule has 1 aromatic heterocycles. The van der Waals surface area contributed by atoms with Crippen LogP contribution in [0, 0.1) is 0 Å². The van der Waals surface area contributed by atoms with Crippen LogP contribution in [0.25, 0.3) is 0 Å². The number of amides is 1. The maximum atomic E-state index is 12.4. The molecule has 5 nitrogen and oxygen atoms in total. The Morgan fingerprint density at radius 2 is 1.62 bits per heavy atom. The second-order valence-electron chi connectivity index (χ2n) is 5.91. The average Bonchev–Trinajstić information content (AvgIpc) is 2.72. The molecule has 0 unspecified atom stereocenters. The number of hydrogen-bond donors (Lipinski definition) is 1. The van der Waals surface area contributed by atoms with Crippen molar-refractivity contribution in [2.24, 2.45) is 0 Å². The molecule has 1 heterocycles. The number of nitrogens with one attached hydrogen (secondary N) is 1. The van der Waals surface area contributed by atoms with E-state index in [0.29, 0.717) is 24.7 Å². The van der Waals surface area contributed by atoms with Crippen molar-refractivity contribution in [3.8, 4) is 0 Å². The van der Waals surface area contributed by atoms with Crippen molar-refractivity contribution in [3.63, 3.8) is 0 Å². The Morgan fingerprint density at radius 3 is 2.27 bits per heavy atom. The van der Waals surface area contributed by atoms with E-state index in [1.54, 1.807) is 12.3 Å². The van der Waals surface area contributed by atoms with Crippen LogP contribution >= 0.6 is 0 Å². The third-order valence-electron chi connectivity index (χ3n) is 4.05. The number of hydrogen-bond acceptors (Lipinski definition) is 4. The summed E-state index contributed by atoms with van der Waals surface area (Å²) in [6.45, 7) is 3.98. The highest BCUT2D eigenvalue weighted by Crippen LogP contribution is 2.12. The molecule has 3 rings (SSSR count). The molecule has 26 heavy (non-hydrogen) atoms. The zero-order chi connectivity index (χ0) is 18.2. The van der Waals surface area contributed by atoms with Gasteiger partial charge in [0.25, 0.3) is 5.91 Å². The first-order chi connectivity index (χ1) is 12.8. The molecule has 0 aliphatic heterocycles. The summed E-state index contributed by atoms with van der Waals surface area (Å²) in [5.74, 6) is 0.358. The molecular formula is C21H22N4O. The maximum Gasteiger partial charge on any atom is 0.270 e. The van der Waals surface area contributed by atoms with Crippen LogP contribution in [0.4, 0.5) is 5.95 Å². The van der Waals surface area contributed by atoms with Gasteiger partial charge in [-0.25, -0.2) is 9.97 Å². The van der Waals surface area contributed by atoms with Gasteiger partial charge in [0.05, 0.1) is 0 Å². The first-order valence-electron chi connectivity index (χ1n) is 8.70. The number of carbonyl (C=O) groups is 1. The molecule has 0 saturated heterocycles. The lowest BCUT2D eigenvalue weighted by molar-refractivity contribution is 0.0946. The predicted octanol–water partition coefficient (Wildman–Crippen LogP) is 3.43. The molecule has 0 saturated carbocycles. The van der Waals surface area contributed by atoms with Gasteiger partial charge in [-0.3, -0.25) is 4.79 Å². The van der Waals surface area contributed by atoms with Crippen LogP contribution in [0.5, 0.6) is 0 Å². The number of aromatic nitrogens is 2. The Bertz CT molecular complexity index is 837. The second-order valence-corrected chi connectivity index (χ2v) is 5.91. The van der Waals surface area contributed by atoms with Crippen molar-refractivity contribution in [2.45, 2.75) is 20.0 Å². The number of anilines is 1. The van der Waals surface area contributed by atoms with Gasteiger partial charge in [0.15, 0.2) is 0 Å². The first-order valence-corrected chi connectivity index (χ1v) is 8.70. The highest BCUT2D eigenvalue weighted by atomic mass is 16.1. The normalized spacial score (nSPS) is 10.3. The largest absolute Gasteiger partial charge is 0.347 e. The number of rotatable bonds is 7. The molecule has 2 aromatic carbocycles. The lowest BCUT2D eigenvalue weighted by Crippen LogP contribution is -2.27. The standard InChI is InChI=1S/C21H22N4O/c1-2-25(16-18-11-7-4-8-12-18)21-22-14-13-19(24-21)20(26)23-15-17-9-5-3-6-10-17/h3-14H,2,15-16H2,1H3,(H,23,26). The minimum atomic E-state index is -0.201. The van der Waals surface area contributed by atoms with Gasteiger partial charge in [-0.15, -0.1) is 0 Å². The van der Waals surface area contributed by atoms with Crippen molar-refractivity contribution in [2.75, 3.05) is 11.4 Å². The highest BCUT2D eigenvalue weighted by Gasteiger charge is 2.13. The van der Waals surface area contributed by atoms with Crippen LogP contribution in [-0.2, 0) is 13.1 Å². The SMILES string of the molecule is CCN(Cc1ccccc1)c1nccc(C(=O)NCc2ccccc2)n1. The monoisotopic (exact) mass is 346 g/mol. The molecule has 0 aliphatic rings. The van der Waals surface area contributed by atoms with Crippen LogP contribution in [0.3, 0.4) is 0 Å². The van der Waals surface area contributed by atoms with Crippen molar-refractivity contribution in [1.82, 2.24) is 15.3 Å². The van der Waals surface area contributed by atoms with E-state index in [4.69, 9.17) is 0 Å². The quantitative estimate of drug-likeness (QED) is 0.712. The summed E-state index contributed by atoms with van der Waals surface area (Å²) in [6, 6.07) is 21.6.